The molecule has 7 nitrogen and oxygen atoms in total. The van der Waals surface area contributed by atoms with E-state index in [0.29, 0.717) is 36.7 Å². The molecule has 1 N–H and O–H groups in total. The first-order chi connectivity index (χ1) is 14.2. The molecule has 4 heterocycles. The molecule has 0 aliphatic carbocycles. The van der Waals surface area contributed by atoms with Crippen LogP contribution >= 0.6 is 11.3 Å². The Bertz CT molecular complexity index is 1020. The highest BCUT2D eigenvalue weighted by Gasteiger charge is 2.33. The van der Waals surface area contributed by atoms with Crippen LogP contribution in [0.1, 0.15) is 37.9 Å². The highest BCUT2D eigenvalue weighted by Crippen LogP contribution is 2.39. The summed E-state index contributed by atoms with van der Waals surface area (Å²) in [5.74, 6) is -0.0143. The standard InChI is InChI=1S/C21H22N4O3S/c1-28-12-10-23-19(26)18-17(16-3-2-7-24-20(16)29-18)15-6-11-25(13-15)21(27)14-4-8-22-9-5-14/h2-5,7-9,15H,6,10-13H2,1H3,(H,23,26). The number of pyridine rings is 2. The van der Waals surface area contributed by atoms with E-state index in [4.69, 9.17) is 4.74 Å². The third kappa shape index (κ3) is 3.99. The smallest absolute Gasteiger partial charge is 0.261 e. The molecular formula is C21H22N4O3S. The number of thiophene rings is 1. The third-order valence-electron chi connectivity index (χ3n) is 5.11. The van der Waals surface area contributed by atoms with Crippen molar-refractivity contribution in [3.63, 3.8) is 0 Å². The molecule has 8 heteroatoms. The van der Waals surface area contributed by atoms with Crippen LogP contribution in [0, 0.1) is 0 Å². The number of nitrogens with zero attached hydrogens (tertiary/aromatic N) is 3. The van der Waals surface area contributed by atoms with Crippen molar-refractivity contribution >= 4 is 33.4 Å². The number of fused-ring (bicyclic) bond motifs is 1. The first kappa shape index (κ1) is 19.5. The molecule has 1 aliphatic heterocycles. The van der Waals surface area contributed by atoms with Gasteiger partial charge in [0.1, 0.15) is 4.83 Å². The molecule has 0 radical (unpaired) electrons. The third-order valence-corrected chi connectivity index (χ3v) is 6.24. The average Bonchev–Trinajstić information content (AvgIpc) is 3.38. The summed E-state index contributed by atoms with van der Waals surface area (Å²) in [6.45, 7) is 2.16. The van der Waals surface area contributed by atoms with Gasteiger partial charge in [-0.05, 0) is 30.2 Å². The van der Waals surface area contributed by atoms with Crippen LogP contribution in [0.3, 0.4) is 0 Å². The van der Waals surface area contributed by atoms with Gasteiger partial charge in [-0.1, -0.05) is 6.07 Å². The van der Waals surface area contributed by atoms with Crippen molar-refractivity contribution in [2.24, 2.45) is 0 Å². The molecular weight excluding hydrogens is 388 g/mol. The van der Waals surface area contributed by atoms with Crippen molar-refractivity contribution in [3.05, 3.63) is 58.9 Å². The first-order valence-electron chi connectivity index (χ1n) is 9.53. The SMILES string of the molecule is COCCNC(=O)c1sc2ncccc2c1C1CCN(C(=O)c2ccncc2)C1. The van der Waals surface area contributed by atoms with Crippen LogP contribution < -0.4 is 5.32 Å². The minimum atomic E-state index is -0.112. The molecule has 29 heavy (non-hydrogen) atoms. The molecule has 1 saturated heterocycles. The van der Waals surface area contributed by atoms with Crippen LogP contribution in [0.5, 0.6) is 0 Å². The normalized spacial score (nSPS) is 16.3. The number of hydrogen-bond donors (Lipinski definition) is 1. The van der Waals surface area contributed by atoms with E-state index < -0.39 is 0 Å². The number of aromatic nitrogens is 2. The number of carbonyl (C=O) groups is 2. The predicted molar refractivity (Wildman–Crippen MR) is 111 cm³/mol. The summed E-state index contributed by atoms with van der Waals surface area (Å²) < 4.78 is 5.03. The maximum absolute atomic E-state index is 12.8. The van der Waals surface area contributed by atoms with Crippen LogP contribution in [-0.2, 0) is 4.74 Å². The Hall–Kier alpha value is -2.84. The van der Waals surface area contributed by atoms with Crippen LogP contribution in [0.25, 0.3) is 10.2 Å². The highest BCUT2D eigenvalue weighted by atomic mass is 32.1. The predicted octanol–water partition coefficient (Wildman–Crippen LogP) is 2.70. The van der Waals surface area contributed by atoms with Gasteiger partial charge < -0.3 is 15.0 Å². The fourth-order valence-corrected chi connectivity index (χ4v) is 4.88. The summed E-state index contributed by atoms with van der Waals surface area (Å²) in [6.07, 6.45) is 5.81. The molecule has 1 atom stereocenters. The Balaban J connectivity index is 1.61. The molecule has 150 valence electrons. The summed E-state index contributed by atoms with van der Waals surface area (Å²) in [7, 11) is 1.61. The van der Waals surface area contributed by atoms with Crippen molar-refractivity contribution in [1.82, 2.24) is 20.2 Å². The van der Waals surface area contributed by atoms with E-state index >= 15 is 0 Å². The Morgan fingerprint density at radius 1 is 1.28 bits per heavy atom. The van der Waals surface area contributed by atoms with Gasteiger partial charge in [0, 0.05) is 62.2 Å². The molecule has 0 bridgehead atoms. The Morgan fingerprint density at radius 2 is 2.10 bits per heavy atom. The maximum Gasteiger partial charge on any atom is 0.261 e. The van der Waals surface area contributed by atoms with Crippen LogP contribution in [0.4, 0.5) is 0 Å². The van der Waals surface area contributed by atoms with E-state index in [0.717, 1.165) is 22.2 Å². The summed E-state index contributed by atoms with van der Waals surface area (Å²) in [5, 5.41) is 3.91. The second-order valence-electron chi connectivity index (χ2n) is 6.92. The minimum Gasteiger partial charge on any atom is -0.383 e. The Kier molecular flexibility index (Phi) is 5.82. The van der Waals surface area contributed by atoms with Crippen molar-refractivity contribution in [2.75, 3.05) is 33.4 Å². The van der Waals surface area contributed by atoms with E-state index in [-0.39, 0.29) is 17.7 Å². The lowest BCUT2D eigenvalue weighted by molar-refractivity contribution is 0.0790. The summed E-state index contributed by atoms with van der Waals surface area (Å²) >= 11 is 1.41. The lowest BCUT2D eigenvalue weighted by Crippen LogP contribution is -2.29. The number of hydrogen-bond acceptors (Lipinski definition) is 6. The van der Waals surface area contributed by atoms with Gasteiger partial charge in [-0.3, -0.25) is 14.6 Å². The van der Waals surface area contributed by atoms with Crippen molar-refractivity contribution in [1.29, 1.82) is 0 Å². The fourth-order valence-electron chi connectivity index (χ4n) is 3.73. The van der Waals surface area contributed by atoms with Crippen molar-refractivity contribution in [2.45, 2.75) is 12.3 Å². The zero-order valence-corrected chi connectivity index (χ0v) is 16.9. The van der Waals surface area contributed by atoms with Crippen LogP contribution in [-0.4, -0.2) is 60.0 Å². The second kappa shape index (κ2) is 8.67. The largest absolute Gasteiger partial charge is 0.383 e. The second-order valence-corrected chi connectivity index (χ2v) is 7.92. The van der Waals surface area contributed by atoms with E-state index in [1.165, 1.54) is 11.3 Å². The lowest BCUT2D eigenvalue weighted by Gasteiger charge is -2.17. The van der Waals surface area contributed by atoms with E-state index in [9.17, 15) is 9.59 Å². The number of likely N-dealkylation sites (tertiary alicyclic amines) is 1. The Labute approximate surface area is 172 Å². The number of ether oxygens (including phenoxy) is 1. The molecule has 1 aliphatic rings. The lowest BCUT2D eigenvalue weighted by atomic mass is 9.95. The number of nitrogens with one attached hydrogen (secondary N) is 1. The fraction of sp³-hybridized carbons (Fsp3) is 0.333. The number of rotatable bonds is 6. The van der Waals surface area contributed by atoms with E-state index in [1.807, 2.05) is 17.0 Å². The molecule has 3 aromatic rings. The van der Waals surface area contributed by atoms with Gasteiger partial charge in [0.15, 0.2) is 0 Å². The summed E-state index contributed by atoms with van der Waals surface area (Å²) in [6, 6.07) is 7.36. The van der Waals surface area contributed by atoms with Crippen molar-refractivity contribution in [3.8, 4) is 0 Å². The van der Waals surface area contributed by atoms with Gasteiger partial charge in [0.05, 0.1) is 11.5 Å². The highest BCUT2D eigenvalue weighted by molar-refractivity contribution is 7.20. The molecule has 0 spiro atoms. The van der Waals surface area contributed by atoms with Gasteiger partial charge in [0.2, 0.25) is 0 Å². The monoisotopic (exact) mass is 410 g/mol. The zero-order valence-electron chi connectivity index (χ0n) is 16.1. The topological polar surface area (TPSA) is 84.4 Å². The molecule has 0 saturated carbocycles. The Morgan fingerprint density at radius 3 is 2.90 bits per heavy atom. The van der Waals surface area contributed by atoms with E-state index in [1.54, 1.807) is 37.8 Å². The molecule has 3 aromatic heterocycles. The zero-order chi connectivity index (χ0) is 20.2. The summed E-state index contributed by atoms with van der Waals surface area (Å²) in [4.78, 5) is 37.4. The van der Waals surface area contributed by atoms with E-state index in [2.05, 4.69) is 15.3 Å². The van der Waals surface area contributed by atoms with Gasteiger partial charge in [-0.2, -0.15) is 0 Å². The van der Waals surface area contributed by atoms with Gasteiger partial charge in [-0.25, -0.2) is 4.98 Å². The number of carbonyl (C=O) groups excluding carboxylic acids is 2. The quantitative estimate of drug-likeness (QED) is 0.632. The summed E-state index contributed by atoms with van der Waals surface area (Å²) in [5.41, 5.74) is 1.63. The molecule has 1 unspecified atom stereocenters. The van der Waals surface area contributed by atoms with Crippen LogP contribution in [0.15, 0.2) is 42.9 Å². The molecule has 0 aromatic carbocycles. The van der Waals surface area contributed by atoms with Crippen molar-refractivity contribution < 1.29 is 14.3 Å². The van der Waals surface area contributed by atoms with Gasteiger partial charge in [-0.15, -0.1) is 11.3 Å². The average molecular weight is 410 g/mol. The number of methoxy groups -OCH3 is 1. The maximum atomic E-state index is 12.8. The van der Waals surface area contributed by atoms with Gasteiger partial charge in [0.25, 0.3) is 11.8 Å². The molecule has 1 fully saturated rings. The molecule has 4 rings (SSSR count). The molecule has 2 amide bonds. The minimum absolute atomic E-state index is 0.00124. The van der Waals surface area contributed by atoms with Crippen LogP contribution in [0.2, 0.25) is 0 Å². The van der Waals surface area contributed by atoms with Gasteiger partial charge >= 0.3 is 0 Å². The number of amides is 2. The first-order valence-corrected chi connectivity index (χ1v) is 10.3.